The van der Waals surface area contributed by atoms with Crippen LogP contribution in [0.5, 0.6) is 0 Å². The molecule has 7 nitrogen and oxygen atoms in total. The molecule has 1 aromatic heterocycles. The Bertz CT molecular complexity index is 1210. The minimum atomic E-state index is -0.495. The largest absolute Gasteiger partial charge is 0.339 e. The number of piperidine rings is 1. The Hall–Kier alpha value is -2.77. The SMILES string of the molecule is Cc1cc(N2CNC(=O)C23CCN(CCCn2c(=O)[nH]c4ccccc42)CC3)ccc1Cl. The lowest BCUT2D eigenvalue weighted by Gasteiger charge is -2.43. The second-order valence-electron chi connectivity index (χ2n) is 8.85. The van der Waals surface area contributed by atoms with E-state index in [0.29, 0.717) is 13.2 Å². The quantitative estimate of drug-likeness (QED) is 0.622. The fourth-order valence-corrected chi connectivity index (χ4v) is 5.27. The van der Waals surface area contributed by atoms with Crippen LogP contribution in [0.15, 0.2) is 47.3 Å². The average Bonchev–Trinajstić information content (AvgIpc) is 3.28. The minimum absolute atomic E-state index is 0.0553. The first kappa shape index (κ1) is 21.1. The summed E-state index contributed by atoms with van der Waals surface area (Å²) < 4.78 is 1.82. The second kappa shape index (κ2) is 8.30. The Morgan fingerprint density at radius 1 is 1.06 bits per heavy atom. The summed E-state index contributed by atoms with van der Waals surface area (Å²) in [6.07, 6.45) is 2.46. The van der Waals surface area contributed by atoms with Gasteiger partial charge in [-0.05, 0) is 68.6 Å². The highest BCUT2D eigenvalue weighted by Crippen LogP contribution is 2.37. The van der Waals surface area contributed by atoms with Crippen LogP contribution in [0.25, 0.3) is 11.0 Å². The Kier molecular flexibility index (Phi) is 5.47. The fourth-order valence-electron chi connectivity index (χ4n) is 5.15. The molecule has 1 amide bonds. The topological polar surface area (TPSA) is 73.4 Å². The highest BCUT2D eigenvalue weighted by Gasteiger charge is 2.50. The number of carbonyl (C=O) groups is 1. The zero-order valence-corrected chi connectivity index (χ0v) is 19.0. The normalized spacial score (nSPS) is 18.6. The van der Waals surface area contributed by atoms with Crippen LogP contribution in [0, 0.1) is 6.92 Å². The van der Waals surface area contributed by atoms with E-state index in [9.17, 15) is 9.59 Å². The van der Waals surface area contributed by atoms with Crippen molar-refractivity contribution in [1.82, 2.24) is 19.8 Å². The highest BCUT2D eigenvalue weighted by atomic mass is 35.5. The van der Waals surface area contributed by atoms with Crippen molar-refractivity contribution in [2.75, 3.05) is 31.2 Å². The van der Waals surface area contributed by atoms with E-state index < -0.39 is 5.54 Å². The van der Waals surface area contributed by atoms with Crippen molar-refractivity contribution in [3.05, 3.63) is 63.5 Å². The smallest absolute Gasteiger partial charge is 0.326 e. The summed E-state index contributed by atoms with van der Waals surface area (Å²) in [7, 11) is 0. The molecule has 2 fully saturated rings. The molecular weight excluding hydrogens is 426 g/mol. The number of H-pyrrole nitrogens is 1. The van der Waals surface area contributed by atoms with Crippen molar-refractivity contribution in [1.29, 1.82) is 0 Å². The van der Waals surface area contributed by atoms with Crippen LogP contribution in [-0.4, -0.2) is 52.2 Å². The molecule has 1 spiro atoms. The van der Waals surface area contributed by atoms with Crippen LogP contribution in [0.3, 0.4) is 0 Å². The zero-order valence-electron chi connectivity index (χ0n) is 18.2. The van der Waals surface area contributed by atoms with Gasteiger partial charge >= 0.3 is 5.69 Å². The number of anilines is 1. The number of nitrogens with zero attached hydrogens (tertiary/aromatic N) is 3. The van der Waals surface area contributed by atoms with Crippen LogP contribution < -0.4 is 15.9 Å². The molecule has 0 radical (unpaired) electrons. The molecule has 2 aliphatic heterocycles. The van der Waals surface area contributed by atoms with Crippen molar-refractivity contribution in [2.24, 2.45) is 0 Å². The molecule has 2 aromatic carbocycles. The molecule has 5 rings (SSSR count). The van der Waals surface area contributed by atoms with E-state index >= 15 is 0 Å². The summed E-state index contributed by atoms with van der Waals surface area (Å²) in [4.78, 5) is 32.7. The van der Waals surface area contributed by atoms with Gasteiger partial charge in [-0.1, -0.05) is 23.7 Å². The first-order chi connectivity index (χ1) is 15.5. The van der Waals surface area contributed by atoms with Crippen molar-refractivity contribution in [2.45, 2.75) is 38.3 Å². The minimum Gasteiger partial charge on any atom is -0.339 e. The Labute approximate surface area is 192 Å². The first-order valence-corrected chi connectivity index (χ1v) is 11.6. The van der Waals surface area contributed by atoms with E-state index in [1.54, 1.807) is 0 Å². The van der Waals surface area contributed by atoms with Gasteiger partial charge in [0.15, 0.2) is 0 Å². The van der Waals surface area contributed by atoms with Gasteiger partial charge in [0.2, 0.25) is 5.91 Å². The zero-order chi connectivity index (χ0) is 22.3. The second-order valence-corrected chi connectivity index (χ2v) is 9.26. The van der Waals surface area contributed by atoms with E-state index in [0.717, 1.165) is 66.2 Å². The van der Waals surface area contributed by atoms with E-state index in [1.165, 1.54) is 0 Å². The van der Waals surface area contributed by atoms with Gasteiger partial charge in [-0.15, -0.1) is 0 Å². The number of amides is 1. The van der Waals surface area contributed by atoms with Crippen LogP contribution in [0.4, 0.5) is 5.69 Å². The Morgan fingerprint density at radius 3 is 2.62 bits per heavy atom. The fraction of sp³-hybridized carbons (Fsp3) is 0.417. The van der Waals surface area contributed by atoms with Crippen LogP contribution in [-0.2, 0) is 11.3 Å². The lowest BCUT2D eigenvalue weighted by Crippen LogP contribution is -2.56. The molecule has 2 saturated heterocycles. The van der Waals surface area contributed by atoms with E-state index in [1.807, 2.05) is 47.9 Å². The van der Waals surface area contributed by atoms with Crippen molar-refractivity contribution < 1.29 is 4.79 Å². The van der Waals surface area contributed by atoms with Crippen LogP contribution in [0.2, 0.25) is 5.02 Å². The van der Waals surface area contributed by atoms with Gasteiger partial charge in [0.25, 0.3) is 0 Å². The Morgan fingerprint density at radius 2 is 1.84 bits per heavy atom. The molecule has 32 heavy (non-hydrogen) atoms. The molecule has 2 aliphatic rings. The molecule has 0 bridgehead atoms. The average molecular weight is 454 g/mol. The first-order valence-electron chi connectivity index (χ1n) is 11.2. The van der Waals surface area contributed by atoms with Crippen LogP contribution in [0.1, 0.15) is 24.8 Å². The molecule has 3 aromatic rings. The third kappa shape index (κ3) is 3.59. The summed E-state index contributed by atoms with van der Waals surface area (Å²) >= 11 is 6.21. The van der Waals surface area contributed by atoms with Gasteiger partial charge in [-0.25, -0.2) is 4.79 Å². The highest BCUT2D eigenvalue weighted by molar-refractivity contribution is 6.31. The van der Waals surface area contributed by atoms with Gasteiger partial charge in [0.05, 0.1) is 17.7 Å². The number of nitrogens with one attached hydrogen (secondary N) is 2. The number of aromatic amines is 1. The number of likely N-dealkylation sites (tertiary alicyclic amines) is 1. The maximum Gasteiger partial charge on any atom is 0.326 e. The van der Waals surface area contributed by atoms with E-state index in [2.05, 4.69) is 26.2 Å². The number of rotatable bonds is 5. The predicted molar refractivity (Wildman–Crippen MR) is 127 cm³/mol. The molecule has 0 unspecified atom stereocenters. The molecule has 2 N–H and O–H groups in total. The maximum atomic E-state index is 12.9. The number of aryl methyl sites for hydroxylation is 2. The standard InChI is InChI=1S/C24H28ClN5O2/c1-17-15-18(7-8-19(17)25)30-16-26-22(31)24(30)9-13-28(14-10-24)11-4-12-29-21-6-3-2-5-20(21)27-23(29)32/h2-3,5-8,15H,4,9-14,16H2,1H3,(H,26,31)(H,27,32). The van der Waals surface area contributed by atoms with Gasteiger partial charge < -0.3 is 20.1 Å². The van der Waals surface area contributed by atoms with Gasteiger partial charge in [0.1, 0.15) is 5.54 Å². The maximum absolute atomic E-state index is 12.9. The molecule has 0 aliphatic carbocycles. The van der Waals surface area contributed by atoms with Crippen molar-refractivity contribution >= 4 is 34.2 Å². The summed E-state index contributed by atoms with van der Waals surface area (Å²) in [5.41, 5.74) is 3.33. The molecule has 3 heterocycles. The number of para-hydroxylation sites is 2. The predicted octanol–water partition coefficient (Wildman–Crippen LogP) is 3.11. The summed E-state index contributed by atoms with van der Waals surface area (Å²) in [6, 6.07) is 13.8. The summed E-state index contributed by atoms with van der Waals surface area (Å²) in [5, 5.41) is 3.80. The molecule has 0 atom stereocenters. The van der Waals surface area contributed by atoms with E-state index in [4.69, 9.17) is 11.6 Å². The molecule has 8 heteroatoms. The third-order valence-electron chi connectivity index (χ3n) is 7.01. The van der Waals surface area contributed by atoms with E-state index in [-0.39, 0.29) is 11.6 Å². The molecule has 0 saturated carbocycles. The third-order valence-corrected chi connectivity index (χ3v) is 7.44. The molecular formula is C24H28ClN5O2. The number of imidazole rings is 1. The number of hydrogen-bond acceptors (Lipinski definition) is 4. The number of fused-ring (bicyclic) bond motifs is 1. The summed E-state index contributed by atoms with van der Waals surface area (Å²) in [6.45, 7) is 5.83. The van der Waals surface area contributed by atoms with Crippen LogP contribution >= 0.6 is 11.6 Å². The lowest BCUT2D eigenvalue weighted by atomic mass is 9.85. The van der Waals surface area contributed by atoms with Crippen molar-refractivity contribution in [3.8, 4) is 0 Å². The molecule has 168 valence electrons. The number of aromatic nitrogens is 2. The van der Waals surface area contributed by atoms with Gasteiger partial charge in [-0.3, -0.25) is 9.36 Å². The Balaban J connectivity index is 1.23. The monoisotopic (exact) mass is 453 g/mol. The summed E-state index contributed by atoms with van der Waals surface area (Å²) in [5.74, 6) is 0.120. The number of carbonyl (C=O) groups excluding carboxylic acids is 1. The number of hydrogen-bond donors (Lipinski definition) is 2. The number of halogens is 1. The van der Waals surface area contributed by atoms with Gasteiger partial charge in [0, 0.05) is 30.3 Å². The van der Waals surface area contributed by atoms with Gasteiger partial charge in [-0.2, -0.15) is 0 Å². The number of benzene rings is 2. The van der Waals surface area contributed by atoms with Crippen molar-refractivity contribution in [3.63, 3.8) is 0 Å². The lowest BCUT2D eigenvalue weighted by molar-refractivity contribution is -0.125.